The fourth-order valence-corrected chi connectivity index (χ4v) is 1.26. The number of aromatic nitrogens is 1. The van der Waals surface area contributed by atoms with Crippen molar-refractivity contribution in [3.8, 4) is 5.75 Å². The second-order valence-corrected chi connectivity index (χ2v) is 3.23. The van der Waals surface area contributed by atoms with Gasteiger partial charge in [0, 0.05) is 31.9 Å². The van der Waals surface area contributed by atoms with Crippen LogP contribution in [-0.2, 0) is 11.3 Å². The molecule has 0 spiro atoms. The van der Waals surface area contributed by atoms with E-state index < -0.39 is 0 Å². The summed E-state index contributed by atoms with van der Waals surface area (Å²) in [7, 11) is 1.67. The summed E-state index contributed by atoms with van der Waals surface area (Å²) < 4.78 is 10.5. The number of aliphatic hydroxyl groups is 1. The van der Waals surface area contributed by atoms with E-state index in [2.05, 4.69) is 4.98 Å². The summed E-state index contributed by atoms with van der Waals surface area (Å²) in [6.07, 6.45) is 2.50. The van der Waals surface area contributed by atoms with E-state index in [1.54, 1.807) is 19.4 Å². The van der Waals surface area contributed by atoms with Gasteiger partial charge in [0.2, 0.25) is 0 Å². The van der Waals surface area contributed by atoms with Crippen LogP contribution in [0.4, 0.5) is 0 Å². The fraction of sp³-hybridized carbons (Fsp3) is 0.545. The highest BCUT2D eigenvalue weighted by atomic mass is 35.5. The minimum atomic E-state index is -0.0545. The Balaban J connectivity index is 0.00000225. The van der Waals surface area contributed by atoms with Crippen molar-refractivity contribution >= 4 is 12.4 Å². The van der Waals surface area contributed by atoms with E-state index in [0.29, 0.717) is 18.9 Å². The van der Waals surface area contributed by atoms with Crippen molar-refractivity contribution < 1.29 is 14.6 Å². The Hall–Kier alpha value is -0.840. The van der Waals surface area contributed by atoms with Gasteiger partial charge in [-0.2, -0.15) is 0 Å². The second-order valence-electron chi connectivity index (χ2n) is 3.23. The number of nitrogens with zero attached hydrogens (tertiary/aromatic N) is 1. The van der Waals surface area contributed by atoms with Gasteiger partial charge in [0.1, 0.15) is 5.75 Å². The van der Waals surface area contributed by atoms with Crippen LogP contribution in [0.2, 0.25) is 0 Å². The predicted octanol–water partition coefficient (Wildman–Crippen LogP) is 1.72. The zero-order valence-corrected chi connectivity index (χ0v) is 10.4. The summed E-state index contributed by atoms with van der Waals surface area (Å²) in [6.45, 7) is 3.14. The van der Waals surface area contributed by atoms with Gasteiger partial charge in [-0.25, -0.2) is 0 Å². The van der Waals surface area contributed by atoms with Crippen molar-refractivity contribution in [2.24, 2.45) is 0 Å². The van der Waals surface area contributed by atoms with Crippen molar-refractivity contribution in [2.75, 3.05) is 20.3 Å². The summed E-state index contributed by atoms with van der Waals surface area (Å²) in [6, 6.07) is 1.81. The topological polar surface area (TPSA) is 51.6 Å². The van der Waals surface area contributed by atoms with E-state index in [4.69, 9.17) is 14.6 Å². The number of pyridine rings is 1. The Labute approximate surface area is 102 Å². The lowest BCUT2D eigenvalue weighted by Crippen LogP contribution is -2.04. The third kappa shape index (κ3) is 4.35. The number of halogens is 1. The van der Waals surface area contributed by atoms with Gasteiger partial charge in [0.25, 0.3) is 0 Å². The number of methoxy groups -OCH3 is 1. The van der Waals surface area contributed by atoms with E-state index in [1.165, 1.54) is 0 Å². The van der Waals surface area contributed by atoms with E-state index in [1.807, 2.05) is 6.92 Å². The van der Waals surface area contributed by atoms with Crippen LogP contribution in [0.5, 0.6) is 5.75 Å². The van der Waals surface area contributed by atoms with Gasteiger partial charge in [-0.1, -0.05) is 0 Å². The quantitative estimate of drug-likeness (QED) is 0.778. The van der Waals surface area contributed by atoms with Gasteiger partial charge in [-0.3, -0.25) is 4.98 Å². The maximum Gasteiger partial charge on any atom is 0.125 e. The Bertz CT molecular complexity index is 307. The third-order valence-corrected chi connectivity index (χ3v) is 2.16. The molecule has 0 aliphatic heterocycles. The monoisotopic (exact) mass is 247 g/mol. The molecule has 0 atom stereocenters. The molecule has 16 heavy (non-hydrogen) atoms. The SMILES string of the molecule is COCCCOc1ccnc(CO)c1C.Cl. The Morgan fingerprint density at radius 2 is 2.12 bits per heavy atom. The average Bonchev–Trinajstić information content (AvgIpc) is 2.26. The molecule has 1 heterocycles. The van der Waals surface area contributed by atoms with Crippen LogP contribution in [0.15, 0.2) is 12.3 Å². The molecule has 0 aliphatic carbocycles. The lowest BCUT2D eigenvalue weighted by atomic mass is 10.2. The summed E-state index contributed by atoms with van der Waals surface area (Å²) in [5.74, 6) is 0.783. The number of rotatable bonds is 6. The molecule has 0 radical (unpaired) electrons. The Kier molecular flexibility index (Phi) is 7.89. The number of hydrogen-bond acceptors (Lipinski definition) is 4. The molecule has 0 aliphatic rings. The molecule has 0 saturated heterocycles. The molecule has 1 aromatic rings. The largest absolute Gasteiger partial charge is 0.493 e. The van der Waals surface area contributed by atoms with Crippen molar-refractivity contribution in [2.45, 2.75) is 20.0 Å². The molecule has 92 valence electrons. The van der Waals surface area contributed by atoms with Gasteiger partial charge in [-0.15, -0.1) is 12.4 Å². The van der Waals surface area contributed by atoms with Gasteiger partial charge in [0.05, 0.1) is 18.9 Å². The Morgan fingerprint density at radius 1 is 1.38 bits per heavy atom. The molecule has 4 nitrogen and oxygen atoms in total. The summed E-state index contributed by atoms with van der Waals surface area (Å²) in [5, 5.41) is 9.01. The molecular weight excluding hydrogens is 230 g/mol. The van der Waals surface area contributed by atoms with Crippen molar-refractivity contribution in [3.05, 3.63) is 23.5 Å². The smallest absolute Gasteiger partial charge is 0.125 e. The number of hydrogen-bond donors (Lipinski definition) is 1. The second kappa shape index (κ2) is 8.33. The van der Waals surface area contributed by atoms with Crippen LogP contribution in [-0.4, -0.2) is 30.4 Å². The first kappa shape index (κ1) is 15.2. The van der Waals surface area contributed by atoms with Crippen LogP contribution >= 0.6 is 12.4 Å². The number of ether oxygens (including phenoxy) is 2. The number of aliphatic hydroxyl groups excluding tert-OH is 1. The zero-order chi connectivity index (χ0) is 11.1. The van der Waals surface area contributed by atoms with Gasteiger partial charge < -0.3 is 14.6 Å². The summed E-state index contributed by atoms with van der Waals surface area (Å²) in [4.78, 5) is 4.05. The maximum atomic E-state index is 9.01. The van der Waals surface area contributed by atoms with Crippen molar-refractivity contribution in [1.29, 1.82) is 0 Å². The molecule has 5 heteroatoms. The van der Waals surface area contributed by atoms with Gasteiger partial charge >= 0.3 is 0 Å². The summed E-state index contributed by atoms with van der Waals surface area (Å²) >= 11 is 0. The first-order valence-corrected chi connectivity index (χ1v) is 4.96. The Morgan fingerprint density at radius 3 is 2.75 bits per heavy atom. The van der Waals surface area contributed by atoms with Crippen molar-refractivity contribution in [3.63, 3.8) is 0 Å². The molecule has 1 rings (SSSR count). The maximum absolute atomic E-state index is 9.01. The highest BCUT2D eigenvalue weighted by molar-refractivity contribution is 5.85. The minimum Gasteiger partial charge on any atom is -0.493 e. The molecule has 1 N–H and O–H groups in total. The third-order valence-electron chi connectivity index (χ3n) is 2.16. The zero-order valence-electron chi connectivity index (χ0n) is 9.60. The lowest BCUT2D eigenvalue weighted by molar-refractivity contribution is 0.171. The van der Waals surface area contributed by atoms with Gasteiger partial charge in [-0.05, 0) is 13.0 Å². The van der Waals surface area contributed by atoms with E-state index in [9.17, 15) is 0 Å². The van der Waals surface area contributed by atoms with Crippen LogP contribution in [0, 0.1) is 6.92 Å². The molecule has 0 amide bonds. The van der Waals surface area contributed by atoms with E-state index >= 15 is 0 Å². The van der Waals surface area contributed by atoms with Crippen LogP contribution in [0.25, 0.3) is 0 Å². The average molecular weight is 248 g/mol. The van der Waals surface area contributed by atoms with Gasteiger partial charge in [0.15, 0.2) is 0 Å². The highest BCUT2D eigenvalue weighted by Gasteiger charge is 2.04. The first-order valence-electron chi connectivity index (χ1n) is 4.96. The molecular formula is C11H18ClNO3. The minimum absolute atomic E-state index is 0. The fourth-order valence-electron chi connectivity index (χ4n) is 1.26. The van der Waals surface area contributed by atoms with Crippen LogP contribution < -0.4 is 4.74 Å². The molecule has 0 unspecified atom stereocenters. The summed E-state index contributed by atoms with van der Waals surface area (Å²) in [5.41, 5.74) is 1.57. The van der Waals surface area contributed by atoms with Crippen LogP contribution in [0.3, 0.4) is 0 Å². The van der Waals surface area contributed by atoms with Crippen LogP contribution in [0.1, 0.15) is 17.7 Å². The van der Waals surface area contributed by atoms with E-state index in [0.717, 1.165) is 17.7 Å². The van der Waals surface area contributed by atoms with E-state index in [-0.39, 0.29) is 19.0 Å². The van der Waals surface area contributed by atoms with Crippen molar-refractivity contribution in [1.82, 2.24) is 4.98 Å². The molecule has 0 saturated carbocycles. The molecule has 0 aromatic carbocycles. The molecule has 0 bridgehead atoms. The molecule has 0 fully saturated rings. The highest BCUT2D eigenvalue weighted by Crippen LogP contribution is 2.19. The predicted molar refractivity (Wildman–Crippen MR) is 64.1 cm³/mol. The standard InChI is InChI=1S/C11H17NO3.ClH/c1-9-10(8-13)12-5-4-11(9)15-7-3-6-14-2;/h4-5,13H,3,6-8H2,1-2H3;1H. The normalized spacial score (nSPS) is 9.69. The first-order chi connectivity index (χ1) is 7.29. The molecule has 1 aromatic heterocycles. The lowest BCUT2D eigenvalue weighted by Gasteiger charge is -2.10.